The first-order valence-corrected chi connectivity index (χ1v) is 9.24. The van der Waals surface area contributed by atoms with Crippen LogP contribution in [0.2, 0.25) is 0 Å². The van der Waals surface area contributed by atoms with E-state index in [1.165, 1.54) is 11.6 Å². The summed E-state index contributed by atoms with van der Waals surface area (Å²) in [4.78, 5) is 6.64. The first kappa shape index (κ1) is 21.1. The second-order valence-electron chi connectivity index (χ2n) is 6.34. The Kier molecular flexibility index (Phi) is 7.87. The quantitative estimate of drug-likeness (QED) is 0.370. The van der Waals surface area contributed by atoms with Crippen molar-refractivity contribution < 1.29 is 4.39 Å². The van der Waals surface area contributed by atoms with Crippen molar-refractivity contribution >= 4 is 45.9 Å². The van der Waals surface area contributed by atoms with Gasteiger partial charge in [0.25, 0.3) is 0 Å². The van der Waals surface area contributed by atoms with Gasteiger partial charge in [-0.05, 0) is 42.2 Å². The average molecular weight is 536 g/mol. The van der Waals surface area contributed by atoms with Gasteiger partial charge in [-0.3, -0.25) is 9.67 Å². The van der Waals surface area contributed by atoms with Crippen molar-refractivity contribution in [2.24, 2.45) is 12.0 Å². The molecule has 1 atom stereocenters. The smallest absolute Gasteiger partial charge is 0.193 e. The molecule has 1 aliphatic rings. The van der Waals surface area contributed by atoms with Crippen molar-refractivity contribution in [1.82, 2.24) is 20.0 Å². The zero-order chi connectivity index (χ0) is 17.8. The van der Waals surface area contributed by atoms with Crippen molar-refractivity contribution in [2.75, 3.05) is 26.7 Å². The highest BCUT2D eigenvalue weighted by atomic mass is 127. The molecule has 8 heteroatoms. The van der Waals surface area contributed by atoms with Crippen LogP contribution in [0, 0.1) is 5.82 Å². The standard InChI is InChI=1S/C18H23BrFN5.HI/c1-21-18(22-7-5-13-9-16(19)3-4-17(13)20)25-8-6-14(12-25)15-10-23-24(2)11-15;/h3-4,9-11,14H,5-8,12H2,1-2H3,(H,21,22);1H. The van der Waals surface area contributed by atoms with Crippen molar-refractivity contribution in [3.8, 4) is 0 Å². The molecule has 1 aromatic heterocycles. The Labute approximate surface area is 179 Å². The number of aliphatic imine (C=N–C) groups is 1. The van der Waals surface area contributed by atoms with E-state index in [0.29, 0.717) is 24.4 Å². The summed E-state index contributed by atoms with van der Waals surface area (Å²) in [7, 11) is 3.73. The summed E-state index contributed by atoms with van der Waals surface area (Å²) < 4.78 is 16.6. The lowest BCUT2D eigenvalue weighted by molar-refractivity contribution is 0.486. The first-order chi connectivity index (χ1) is 12.1. The van der Waals surface area contributed by atoms with Crippen LogP contribution >= 0.6 is 39.9 Å². The predicted octanol–water partition coefficient (Wildman–Crippen LogP) is 3.55. The molecular formula is C18H24BrFIN5. The number of nitrogens with zero attached hydrogens (tertiary/aromatic N) is 4. The number of hydrogen-bond donors (Lipinski definition) is 1. The maximum Gasteiger partial charge on any atom is 0.193 e. The van der Waals surface area contributed by atoms with E-state index in [2.05, 4.69) is 42.4 Å². The minimum atomic E-state index is -0.169. The van der Waals surface area contributed by atoms with Gasteiger partial charge < -0.3 is 10.2 Å². The molecule has 1 N–H and O–H groups in total. The van der Waals surface area contributed by atoms with Crippen LogP contribution in [-0.2, 0) is 13.5 Å². The van der Waals surface area contributed by atoms with Crippen LogP contribution in [0.3, 0.4) is 0 Å². The van der Waals surface area contributed by atoms with Crippen LogP contribution in [-0.4, -0.2) is 47.3 Å². The number of likely N-dealkylation sites (tertiary alicyclic amines) is 1. The van der Waals surface area contributed by atoms with Gasteiger partial charge >= 0.3 is 0 Å². The Morgan fingerprint density at radius 1 is 1.46 bits per heavy atom. The van der Waals surface area contributed by atoms with Crippen LogP contribution < -0.4 is 5.32 Å². The molecule has 0 aliphatic carbocycles. The molecule has 1 aromatic carbocycles. The van der Waals surface area contributed by atoms with E-state index in [1.54, 1.807) is 13.1 Å². The van der Waals surface area contributed by atoms with E-state index >= 15 is 0 Å². The molecule has 1 aliphatic heterocycles. The molecule has 26 heavy (non-hydrogen) atoms. The van der Waals surface area contributed by atoms with Crippen molar-refractivity contribution in [1.29, 1.82) is 0 Å². The first-order valence-electron chi connectivity index (χ1n) is 8.45. The van der Waals surface area contributed by atoms with E-state index in [9.17, 15) is 4.39 Å². The monoisotopic (exact) mass is 535 g/mol. The molecule has 0 bridgehead atoms. The molecular weight excluding hydrogens is 512 g/mol. The zero-order valence-corrected chi connectivity index (χ0v) is 18.9. The maximum absolute atomic E-state index is 13.8. The van der Waals surface area contributed by atoms with Crippen LogP contribution in [0.1, 0.15) is 23.5 Å². The number of guanidine groups is 1. The fraction of sp³-hybridized carbons (Fsp3) is 0.444. The summed E-state index contributed by atoms with van der Waals surface area (Å²) in [6, 6.07) is 5.04. The Balaban J connectivity index is 0.00000243. The number of rotatable bonds is 4. The Morgan fingerprint density at radius 3 is 2.96 bits per heavy atom. The number of nitrogens with one attached hydrogen (secondary N) is 1. The fourth-order valence-corrected chi connectivity index (χ4v) is 3.66. The van der Waals surface area contributed by atoms with E-state index in [-0.39, 0.29) is 29.8 Å². The van der Waals surface area contributed by atoms with Crippen molar-refractivity contribution in [3.63, 3.8) is 0 Å². The molecule has 0 radical (unpaired) electrons. The maximum atomic E-state index is 13.8. The summed E-state index contributed by atoms with van der Waals surface area (Å²) >= 11 is 3.39. The number of hydrogen-bond acceptors (Lipinski definition) is 2. The van der Waals surface area contributed by atoms with Gasteiger partial charge in [-0.25, -0.2) is 4.39 Å². The van der Waals surface area contributed by atoms with Crippen molar-refractivity contribution in [3.05, 3.63) is 52.0 Å². The SMILES string of the molecule is CN=C(NCCc1cc(Br)ccc1F)N1CCC(c2cnn(C)c2)C1.I. The third kappa shape index (κ3) is 5.18. The minimum Gasteiger partial charge on any atom is -0.356 e. The van der Waals surface area contributed by atoms with Gasteiger partial charge in [0.1, 0.15) is 5.82 Å². The van der Waals surface area contributed by atoms with E-state index in [1.807, 2.05) is 24.0 Å². The molecule has 3 rings (SSSR count). The second kappa shape index (κ2) is 9.68. The van der Waals surface area contributed by atoms with E-state index in [4.69, 9.17) is 0 Å². The summed E-state index contributed by atoms with van der Waals surface area (Å²) in [5.41, 5.74) is 1.98. The van der Waals surface area contributed by atoms with Crippen LogP contribution in [0.15, 0.2) is 40.1 Å². The molecule has 2 heterocycles. The van der Waals surface area contributed by atoms with Gasteiger partial charge in [0.2, 0.25) is 0 Å². The number of benzene rings is 1. The Bertz CT molecular complexity index is 764. The van der Waals surface area contributed by atoms with E-state index in [0.717, 1.165) is 29.9 Å². The topological polar surface area (TPSA) is 45.5 Å². The molecule has 1 fully saturated rings. The largest absolute Gasteiger partial charge is 0.356 e. The third-order valence-electron chi connectivity index (χ3n) is 4.58. The molecule has 0 spiro atoms. The molecule has 5 nitrogen and oxygen atoms in total. The highest BCUT2D eigenvalue weighted by molar-refractivity contribution is 14.0. The summed E-state index contributed by atoms with van der Waals surface area (Å²) in [5, 5.41) is 7.62. The number of aryl methyl sites for hydroxylation is 1. The fourth-order valence-electron chi connectivity index (χ4n) is 3.25. The summed E-state index contributed by atoms with van der Waals surface area (Å²) in [6.07, 6.45) is 5.73. The third-order valence-corrected chi connectivity index (χ3v) is 5.07. The molecule has 0 amide bonds. The molecule has 142 valence electrons. The molecule has 2 aromatic rings. The Morgan fingerprint density at radius 2 is 2.27 bits per heavy atom. The van der Waals surface area contributed by atoms with Crippen LogP contribution in [0.5, 0.6) is 0 Å². The number of aromatic nitrogens is 2. The Hall–Kier alpha value is -1.16. The summed E-state index contributed by atoms with van der Waals surface area (Å²) in [6.45, 7) is 2.54. The molecule has 0 saturated carbocycles. The molecule has 1 unspecified atom stereocenters. The van der Waals surface area contributed by atoms with Gasteiger partial charge in [-0.1, -0.05) is 15.9 Å². The van der Waals surface area contributed by atoms with E-state index < -0.39 is 0 Å². The van der Waals surface area contributed by atoms with Crippen molar-refractivity contribution in [2.45, 2.75) is 18.8 Å². The lowest BCUT2D eigenvalue weighted by Gasteiger charge is -2.21. The average Bonchev–Trinajstić information content (AvgIpc) is 3.23. The number of halogens is 3. The lowest BCUT2D eigenvalue weighted by atomic mass is 10.0. The highest BCUT2D eigenvalue weighted by Gasteiger charge is 2.26. The van der Waals surface area contributed by atoms with Crippen LogP contribution in [0.4, 0.5) is 4.39 Å². The van der Waals surface area contributed by atoms with Gasteiger partial charge in [0.05, 0.1) is 6.20 Å². The normalized spacial score (nSPS) is 17.3. The van der Waals surface area contributed by atoms with Gasteiger partial charge in [-0.15, -0.1) is 24.0 Å². The van der Waals surface area contributed by atoms with Gasteiger partial charge in [0.15, 0.2) is 5.96 Å². The lowest BCUT2D eigenvalue weighted by Crippen LogP contribution is -2.40. The molecule has 1 saturated heterocycles. The minimum absolute atomic E-state index is 0. The second-order valence-corrected chi connectivity index (χ2v) is 7.25. The van der Waals surface area contributed by atoms with Crippen LogP contribution in [0.25, 0.3) is 0 Å². The highest BCUT2D eigenvalue weighted by Crippen LogP contribution is 2.26. The predicted molar refractivity (Wildman–Crippen MR) is 117 cm³/mol. The van der Waals surface area contributed by atoms with Gasteiger partial charge in [-0.2, -0.15) is 5.10 Å². The van der Waals surface area contributed by atoms with Gasteiger partial charge in [0, 0.05) is 50.3 Å². The zero-order valence-electron chi connectivity index (χ0n) is 15.0. The summed E-state index contributed by atoms with van der Waals surface area (Å²) in [5.74, 6) is 1.19.